The van der Waals surface area contributed by atoms with Crippen molar-refractivity contribution in [2.75, 3.05) is 18.0 Å². The minimum Gasteiger partial charge on any atom is -0.393 e. The molecule has 1 unspecified atom stereocenters. The van der Waals surface area contributed by atoms with Gasteiger partial charge >= 0.3 is 0 Å². The number of hydrogen-bond acceptors (Lipinski definition) is 3. The van der Waals surface area contributed by atoms with Gasteiger partial charge in [0.2, 0.25) is 0 Å². The van der Waals surface area contributed by atoms with Crippen molar-refractivity contribution in [1.29, 1.82) is 0 Å². The van der Waals surface area contributed by atoms with E-state index in [0.29, 0.717) is 11.5 Å². The second-order valence-electron chi connectivity index (χ2n) is 4.77. The Morgan fingerprint density at radius 1 is 1.29 bits per heavy atom. The Morgan fingerprint density at radius 3 is 2.35 bits per heavy atom. The van der Waals surface area contributed by atoms with Crippen molar-refractivity contribution < 1.29 is 9.90 Å². The second-order valence-corrected chi connectivity index (χ2v) is 4.77. The van der Waals surface area contributed by atoms with E-state index >= 15 is 0 Å². The van der Waals surface area contributed by atoms with E-state index < -0.39 is 0 Å². The van der Waals surface area contributed by atoms with Gasteiger partial charge in [-0.15, -0.1) is 0 Å². The highest BCUT2D eigenvalue weighted by atomic mass is 16.3. The third-order valence-electron chi connectivity index (χ3n) is 3.62. The van der Waals surface area contributed by atoms with E-state index in [0.717, 1.165) is 32.2 Å². The number of piperidine rings is 1. The standard InChI is InChI=1S/C14H19NO2/c1-11(17)13-6-8-15(9-7-13)14-4-2-12(10-16)3-5-14/h2-5,10-11,13,17H,6-9H2,1H3. The van der Waals surface area contributed by atoms with Crippen molar-refractivity contribution in [3.8, 4) is 0 Å². The van der Waals surface area contributed by atoms with E-state index in [-0.39, 0.29) is 6.10 Å². The molecule has 0 bridgehead atoms. The van der Waals surface area contributed by atoms with Crippen molar-refractivity contribution in [3.05, 3.63) is 29.8 Å². The minimum absolute atomic E-state index is 0.199. The summed E-state index contributed by atoms with van der Waals surface area (Å²) in [5.41, 5.74) is 1.88. The maximum absolute atomic E-state index is 10.6. The van der Waals surface area contributed by atoms with Crippen molar-refractivity contribution >= 4 is 12.0 Å². The zero-order valence-electron chi connectivity index (χ0n) is 10.2. The summed E-state index contributed by atoms with van der Waals surface area (Å²) in [5.74, 6) is 0.431. The summed E-state index contributed by atoms with van der Waals surface area (Å²) < 4.78 is 0. The number of benzene rings is 1. The van der Waals surface area contributed by atoms with Crippen LogP contribution in [0.4, 0.5) is 5.69 Å². The van der Waals surface area contributed by atoms with Crippen LogP contribution in [-0.2, 0) is 0 Å². The fraction of sp³-hybridized carbons (Fsp3) is 0.500. The number of carbonyl (C=O) groups is 1. The molecule has 1 aromatic rings. The van der Waals surface area contributed by atoms with E-state index in [2.05, 4.69) is 4.90 Å². The third-order valence-corrected chi connectivity index (χ3v) is 3.62. The van der Waals surface area contributed by atoms with E-state index in [1.165, 1.54) is 5.69 Å². The van der Waals surface area contributed by atoms with Crippen molar-refractivity contribution in [2.24, 2.45) is 5.92 Å². The van der Waals surface area contributed by atoms with Crippen LogP contribution in [0.15, 0.2) is 24.3 Å². The van der Waals surface area contributed by atoms with Crippen LogP contribution in [-0.4, -0.2) is 30.6 Å². The Morgan fingerprint density at radius 2 is 1.88 bits per heavy atom. The molecule has 3 nitrogen and oxygen atoms in total. The molecule has 0 spiro atoms. The molecule has 1 saturated heterocycles. The van der Waals surface area contributed by atoms with Gasteiger partial charge in [-0.1, -0.05) is 0 Å². The van der Waals surface area contributed by atoms with Crippen LogP contribution in [0.5, 0.6) is 0 Å². The maximum atomic E-state index is 10.6. The molecule has 17 heavy (non-hydrogen) atoms. The zero-order valence-corrected chi connectivity index (χ0v) is 10.2. The van der Waals surface area contributed by atoms with Crippen LogP contribution < -0.4 is 4.90 Å². The van der Waals surface area contributed by atoms with Gasteiger partial charge in [0.15, 0.2) is 0 Å². The molecule has 1 heterocycles. The van der Waals surface area contributed by atoms with Crippen molar-refractivity contribution in [2.45, 2.75) is 25.9 Å². The quantitative estimate of drug-likeness (QED) is 0.813. The number of anilines is 1. The van der Waals surface area contributed by atoms with Crippen LogP contribution in [0, 0.1) is 5.92 Å². The average molecular weight is 233 g/mol. The largest absolute Gasteiger partial charge is 0.393 e. The van der Waals surface area contributed by atoms with Crippen molar-refractivity contribution in [1.82, 2.24) is 0 Å². The van der Waals surface area contributed by atoms with Gasteiger partial charge in [0, 0.05) is 24.3 Å². The Bertz CT molecular complexity index is 364. The van der Waals surface area contributed by atoms with Crippen LogP contribution in [0.25, 0.3) is 0 Å². The summed E-state index contributed by atoms with van der Waals surface area (Å²) >= 11 is 0. The first-order valence-corrected chi connectivity index (χ1v) is 6.19. The summed E-state index contributed by atoms with van der Waals surface area (Å²) in [6.07, 6.45) is 2.73. The molecule has 3 heteroatoms. The predicted octanol–water partition coefficient (Wildman–Crippen LogP) is 2.10. The summed E-state index contributed by atoms with van der Waals surface area (Å²) in [5, 5.41) is 9.54. The Hall–Kier alpha value is -1.35. The molecule has 0 aromatic heterocycles. The SMILES string of the molecule is CC(O)C1CCN(c2ccc(C=O)cc2)CC1. The van der Waals surface area contributed by atoms with E-state index in [1.807, 2.05) is 31.2 Å². The molecule has 1 aliphatic heterocycles. The van der Waals surface area contributed by atoms with Gasteiger partial charge in [0.1, 0.15) is 6.29 Å². The molecule has 0 radical (unpaired) electrons. The van der Waals surface area contributed by atoms with Gasteiger partial charge in [-0.2, -0.15) is 0 Å². The highest BCUT2D eigenvalue weighted by Gasteiger charge is 2.22. The lowest BCUT2D eigenvalue weighted by molar-refractivity contribution is 0.109. The van der Waals surface area contributed by atoms with Gasteiger partial charge in [-0.3, -0.25) is 4.79 Å². The fourth-order valence-electron chi connectivity index (χ4n) is 2.40. The van der Waals surface area contributed by atoms with Crippen LogP contribution in [0.1, 0.15) is 30.1 Å². The molecule has 1 N–H and O–H groups in total. The summed E-state index contributed by atoms with van der Waals surface area (Å²) in [6, 6.07) is 7.69. The highest BCUT2D eigenvalue weighted by molar-refractivity contribution is 5.75. The molecule has 1 fully saturated rings. The number of nitrogens with zero attached hydrogens (tertiary/aromatic N) is 1. The summed E-state index contributed by atoms with van der Waals surface area (Å²) in [4.78, 5) is 12.9. The molecule has 92 valence electrons. The Kier molecular flexibility index (Phi) is 3.79. The first-order chi connectivity index (χ1) is 8.20. The Labute approximate surface area is 102 Å². The molecular formula is C14H19NO2. The van der Waals surface area contributed by atoms with E-state index in [1.54, 1.807) is 0 Å². The normalized spacial score (nSPS) is 19.1. The average Bonchev–Trinajstić information content (AvgIpc) is 2.39. The molecule has 0 amide bonds. The van der Waals surface area contributed by atoms with Gasteiger partial charge in [-0.25, -0.2) is 0 Å². The fourth-order valence-corrected chi connectivity index (χ4v) is 2.40. The van der Waals surface area contributed by atoms with Crippen molar-refractivity contribution in [3.63, 3.8) is 0 Å². The zero-order chi connectivity index (χ0) is 12.3. The third kappa shape index (κ3) is 2.86. The summed E-state index contributed by atoms with van der Waals surface area (Å²) in [6.45, 7) is 3.84. The lowest BCUT2D eigenvalue weighted by atomic mass is 9.92. The number of aliphatic hydroxyl groups is 1. The molecule has 1 aliphatic rings. The number of hydrogen-bond donors (Lipinski definition) is 1. The lowest BCUT2D eigenvalue weighted by Crippen LogP contribution is -2.36. The lowest BCUT2D eigenvalue weighted by Gasteiger charge is -2.34. The number of rotatable bonds is 3. The van der Waals surface area contributed by atoms with Gasteiger partial charge < -0.3 is 10.0 Å². The molecule has 2 rings (SSSR count). The van der Waals surface area contributed by atoms with E-state index in [4.69, 9.17) is 0 Å². The molecule has 0 aliphatic carbocycles. The number of carbonyl (C=O) groups excluding carboxylic acids is 1. The van der Waals surface area contributed by atoms with Crippen LogP contribution >= 0.6 is 0 Å². The van der Waals surface area contributed by atoms with Gasteiger partial charge in [-0.05, 0) is 49.9 Å². The topological polar surface area (TPSA) is 40.5 Å². The maximum Gasteiger partial charge on any atom is 0.150 e. The molecule has 0 saturated carbocycles. The number of aldehydes is 1. The van der Waals surface area contributed by atoms with Gasteiger partial charge in [0.05, 0.1) is 6.10 Å². The second kappa shape index (κ2) is 5.32. The Balaban J connectivity index is 1.97. The summed E-state index contributed by atoms with van der Waals surface area (Å²) in [7, 11) is 0. The molecule has 1 atom stereocenters. The predicted molar refractivity (Wildman–Crippen MR) is 68.4 cm³/mol. The highest BCUT2D eigenvalue weighted by Crippen LogP contribution is 2.25. The first-order valence-electron chi connectivity index (χ1n) is 6.19. The monoisotopic (exact) mass is 233 g/mol. The van der Waals surface area contributed by atoms with E-state index in [9.17, 15) is 9.90 Å². The smallest absolute Gasteiger partial charge is 0.150 e. The van der Waals surface area contributed by atoms with Gasteiger partial charge in [0.25, 0.3) is 0 Å². The van der Waals surface area contributed by atoms with Crippen LogP contribution in [0.3, 0.4) is 0 Å². The molecular weight excluding hydrogens is 214 g/mol. The minimum atomic E-state index is -0.199. The number of aliphatic hydroxyl groups excluding tert-OH is 1. The molecule has 1 aromatic carbocycles. The first kappa shape index (κ1) is 12.1. The van der Waals surface area contributed by atoms with Crippen LogP contribution in [0.2, 0.25) is 0 Å².